The molecule has 0 aromatic carbocycles. The van der Waals surface area contributed by atoms with Gasteiger partial charge >= 0.3 is 0 Å². The Morgan fingerprint density at radius 3 is 1.80 bits per heavy atom. The molecule has 0 aromatic heterocycles. The van der Waals surface area contributed by atoms with E-state index in [0.717, 1.165) is 43.3 Å². The third-order valence-corrected chi connectivity index (χ3v) is 3.01. The van der Waals surface area contributed by atoms with Gasteiger partial charge in [0.15, 0.2) is 5.78 Å². The van der Waals surface area contributed by atoms with Crippen LogP contribution in [0, 0.1) is 0 Å². The summed E-state index contributed by atoms with van der Waals surface area (Å²) in [6.45, 7) is 14.0. The topological polar surface area (TPSA) is 17.1 Å². The monoisotopic (exact) mass is 278 g/mol. The number of ketones is 1. The molecule has 0 aliphatic rings. The Bertz CT molecular complexity index is 339. The molecule has 0 heterocycles. The standard InChI is InChI=1S/C17H28O.C2H6/c1-6-11-15(4)12-9-7-8-10-13-17(14(2)3)16(5)18;1-2/h7-8,11H,6,9-10,12-13H2,1-5H3;1-2H3/b8-7+,15-11+;. The molecule has 0 atom stereocenters. The zero-order valence-electron chi connectivity index (χ0n) is 14.7. The van der Waals surface area contributed by atoms with Gasteiger partial charge in [-0.1, -0.05) is 50.1 Å². The summed E-state index contributed by atoms with van der Waals surface area (Å²) in [5.74, 6) is 0.213. The van der Waals surface area contributed by atoms with Gasteiger partial charge < -0.3 is 0 Å². The quantitative estimate of drug-likeness (QED) is 0.370. The van der Waals surface area contributed by atoms with Crippen molar-refractivity contribution >= 4 is 5.78 Å². The molecule has 20 heavy (non-hydrogen) atoms. The minimum absolute atomic E-state index is 0.213. The molecular formula is C19H34O. The first kappa shape index (κ1) is 21.2. The second-order valence-corrected chi connectivity index (χ2v) is 5.04. The van der Waals surface area contributed by atoms with Crippen molar-refractivity contribution in [3.63, 3.8) is 0 Å². The lowest BCUT2D eigenvalue weighted by molar-refractivity contribution is -0.113. The molecule has 0 amide bonds. The molecule has 0 unspecified atom stereocenters. The average Bonchev–Trinajstić information content (AvgIpc) is 2.39. The van der Waals surface area contributed by atoms with Crippen LogP contribution in [0.2, 0.25) is 0 Å². The van der Waals surface area contributed by atoms with E-state index in [1.807, 2.05) is 27.7 Å². The van der Waals surface area contributed by atoms with E-state index in [4.69, 9.17) is 0 Å². The summed E-state index contributed by atoms with van der Waals surface area (Å²) >= 11 is 0. The van der Waals surface area contributed by atoms with Gasteiger partial charge in [-0.05, 0) is 65.4 Å². The molecule has 0 aliphatic heterocycles. The minimum Gasteiger partial charge on any atom is -0.295 e. The number of carbonyl (C=O) groups excluding carboxylic acids is 1. The second-order valence-electron chi connectivity index (χ2n) is 5.04. The number of Topliss-reactive ketones (excluding diaryl/α,β-unsaturated/α-hetero) is 1. The Balaban J connectivity index is 0. The molecule has 0 N–H and O–H groups in total. The molecular weight excluding hydrogens is 244 g/mol. The smallest absolute Gasteiger partial charge is 0.155 e. The van der Waals surface area contributed by atoms with Crippen molar-refractivity contribution in [2.45, 2.75) is 80.6 Å². The van der Waals surface area contributed by atoms with Crippen LogP contribution in [0.1, 0.15) is 80.6 Å². The van der Waals surface area contributed by atoms with Gasteiger partial charge in [-0.3, -0.25) is 4.79 Å². The summed E-state index contributed by atoms with van der Waals surface area (Å²) in [7, 11) is 0. The fourth-order valence-electron chi connectivity index (χ4n) is 2.00. The molecule has 0 aliphatic carbocycles. The SMILES string of the molecule is CC.CC/C=C(\C)CC/C=C/CCC(C(C)=O)=C(C)C. The number of carbonyl (C=O) groups is 1. The van der Waals surface area contributed by atoms with E-state index in [2.05, 4.69) is 32.1 Å². The molecule has 0 radical (unpaired) electrons. The van der Waals surface area contributed by atoms with Gasteiger partial charge in [0.05, 0.1) is 0 Å². The fourth-order valence-corrected chi connectivity index (χ4v) is 2.00. The summed E-state index contributed by atoms with van der Waals surface area (Å²) in [6, 6.07) is 0. The Morgan fingerprint density at radius 1 is 0.900 bits per heavy atom. The lowest BCUT2D eigenvalue weighted by atomic mass is 10.0. The van der Waals surface area contributed by atoms with Gasteiger partial charge in [0, 0.05) is 0 Å². The van der Waals surface area contributed by atoms with Crippen molar-refractivity contribution in [3.05, 3.63) is 34.9 Å². The van der Waals surface area contributed by atoms with Crippen LogP contribution in [0.4, 0.5) is 0 Å². The van der Waals surface area contributed by atoms with E-state index in [-0.39, 0.29) is 5.78 Å². The summed E-state index contributed by atoms with van der Waals surface area (Å²) < 4.78 is 0. The Morgan fingerprint density at radius 2 is 1.40 bits per heavy atom. The highest BCUT2D eigenvalue weighted by atomic mass is 16.1. The Kier molecular flexibility index (Phi) is 15.2. The van der Waals surface area contributed by atoms with E-state index < -0.39 is 0 Å². The Hall–Kier alpha value is -1.11. The summed E-state index contributed by atoms with van der Waals surface area (Å²) in [6.07, 6.45) is 11.9. The van der Waals surface area contributed by atoms with Crippen LogP contribution in [0.25, 0.3) is 0 Å². The summed E-state index contributed by atoms with van der Waals surface area (Å²) in [5, 5.41) is 0. The third-order valence-electron chi connectivity index (χ3n) is 3.01. The zero-order chi connectivity index (χ0) is 16.0. The van der Waals surface area contributed by atoms with E-state index >= 15 is 0 Å². The minimum atomic E-state index is 0.213. The molecule has 1 nitrogen and oxygen atoms in total. The van der Waals surface area contributed by atoms with Gasteiger partial charge in [0.1, 0.15) is 0 Å². The van der Waals surface area contributed by atoms with Crippen molar-refractivity contribution in [1.29, 1.82) is 0 Å². The highest BCUT2D eigenvalue weighted by molar-refractivity contribution is 5.93. The van der Waals surface area contributed by atoms with Crippen molar-refractivity contribution in [3.8, 4) is 0 Å². The largest absolute Gasteiger partial charge is 0.295 e. The molecule has 1 heteroatoms. The number of allylic oxidation sites excluding steroid dienone is 6. The molecule has 0 saturated heterocycles. The number of hydrogen-bond acceptors (Lipinski definition) is 1. The van der Waals surface area contributed by atoms with Crippen LogP contribution in [0.3, 0.4) is 0 Å². The maximum absolute atomic E-state index is 11.4. The first-order chi connectivity index (χ1) is 9.49. The first-order valence-corrected chi connectivity index (χ1v) is 7.97. The first-order valence-electron chi connectivity index (χ1n) is 7.97. The van der Waals surface area contributed by atoms with E-state index in [1.54, 1.807) is 6.92 Å². The maximum atomic E-state index is 11.4. The molecule has 0 fully saturated rings. The molecule has 116 valence electrons. The second kappa shape index (κ2) is 14.3. The van der Waals surface area contributed by atoms with Crippen molar-refractivity contribution in [1.82, 2.24) is 0 Å². The fraction of sp³-hybridized carbons (Fsp3) is 0.632. The summed E-state index contributed by atoms with van der Waals surface area (Å²) in [4.78, 5) is 11.4. The van der Waals surface area contributed by atoms with Crippen LogP contribution in [0.15, 0.2) is 34.9 Å². The molecule has 0 spiro atoms. The van der Waals surface area contributed by atoms with Gasteiger partial charge in [0.2, 0.25) is 0 Å². The van der Waals surface area contributed by atoms with Crippen molar-refractivity contribution in [2.75, 3.05) is 0 Å². The van der Waals surface area contributed by atoms with Gasteiger partial charge in [0.25, 0.3) is 0 Å². The zero-order valence-corrected chi connectivity index (χ0v) is 14.7. The highest BCUT2D eigenvalue weighted by Crippen LogP contribution is 2.13. The lowest BCUT2D eigenvalue weighted by Gasteiger charge is -2.03. The average molecular weight is 278 g/mol. The molecule has 0 saturated carbocycles. The van der Waals surface area contributed by atoms with Crippen LogP contribution >= 0.6 is 0 Å². The van der Waals surface area contributed by atoms with Crippen molar-refractivity contribution < 1.29 is 4.79 Å². The lowest BCUT2D eigenvalue weighted by Crippen LogP contribution is -1.98. The normalized spacial score (nSPS) is 11.1. The van der Waals surface area contributed by atoms with E-state index in [1.165, 1.54) is 5.57 Å². The van der Waals surface area contributed by atoms with Crippen LogP contribution in [0.5, 0.6) is 0 Å². The van der Waals surface area contributed by atoms with Crippen LogP contribution in [-0.4, -0.2) is 5.78 Å². The Labute approximate surface area is 126 Å². The van der Waals surface area contributed by atoms with Gasteiger partial charge in [-0.15, -0.1) is 0 Å². The van der Waals surface area contributed by atoms with Crippen LogP contribution < -0.4 is 0 Å². The maximum Gasteiger partial charge on any atom is 0.155 e. The third kappa shape index (κ3) is 12.0. The molecule has 0 aromatic rings. The number of rotatable bonds is 8. The predicted molar refractivity (Wildman–Crippen MR) is 92.1 cm³/mol. The highest BCUT2D eigenvalue weighted by Gasteiger charge is 2.03. The molecule has 0 rings (SSSR count). The van der Waals surface area contributed by atoms with E-state index in [9.17, 15) is 4.79 Å². The predicted octanol–water partition coefficient (Wildman–Crippen LogP) is 6.41. The van der Waals surface area contributed by atoms with Crippen molar-refractivity contribution in [2.24, 2.45) is 0 Å². The number of hydrogen-bond donors (Lipinski definition) is 0. The van der Waals surface area contributed by atoms with Crippen LogP contribution in [-0.2, 0) is 4.79 Å². The van der Waals surface area contributed by atoms with Gasteiger partial charge in [-0.25, -0.2) is 0 Å². The summed E-state index contributed by atoms with van der Waals surface area (Å²) in [5.41, 5.74) is 3.61. The molecule has 0 bridgehead atoms. The van der Waals surface area contributed by atoms with E-state index in [0.29, 0.717) is 0 Å². The van der Waals surface area contributed by atoms with Gasteiger partial charge in [-0.2, -0.15) is 0 Å².